The minimum absolute atomic E-state index is 1.05. The zero-order valence-electron chi connectivity index (χ0n) is 12.3. The van der Waals surface area contributed by atoms with Crippen molar-refractivity contribution in [1.82, 2.24) is 4.98 Å². The normalized spacial score (nSPS) is 11.1. The van der Waals surface area contributed by atoms with Crippen LogP contribution in [0.25, 0.3) is 21.7 Å². The molecule has 1 heterocycles. The van der Waals surface area contributed by atoms with Crippen LogP contribution in [0.2, 0.25) is 0 Å². The molecule has 4 rings (SSSR count). The van der Waals surface area contributed by atoms with E-state index in [1.807, 2.05) is 6.07 Å². The Morgan fingerprint density at radius 1 is 0.818 bits per heavy atom. The first kappa shape index (κ1) is 13.4. The molecular formula is C20H15NS. The number of aryl methyl sites for hydroxylation is 1. The number of pyridine rings is 1. The van der Waals surface area contributed by atoms with E-state index in [-0.39, 0.29) is 0 Å². The van der Waals surface area contributed by atoms with E-state index in [0.717, 1.165) is 10.5 Å². The van der Waals surface area contributed by atoms with Gasteiger partial charge in [0.1, 0.15) is 5.03 Å². The van der Waals surface area contributed by atoms with Crippen molar-refractivity contribution in [1.29, 1.82) is 0 Å². The van der Waals surface area contributed by atoms with Crippen LogP contribution < -0.4 is 0 Å². The number of rotatable bonds is 2. The van der Waals surface area contributed by atoms with E-state index in [1.165, 1.54) is 26.6 Å². The van der Waals surface area contributed by atoms with E-state index < -0.39 is 0 Å². The lowest BCUT2D eigenvalue weighted by molar-refractivity contribution is 1.17. The third-order valence-corrected chi connectivity index (χ3v) is 4.76. The SMILES string of the molecule is Cc1cc(Sc2ccccc2)nc2ccc3ccccc3c12. The van der Waals surface area contributed by atoms with Gasteiger partial charge in [-0.3, -0.25) is 0 Å². The summed E-state index contributed by atoms with van der Waals surface area (Å²) in [6.45, 7) is 2.17. The Labute approximate surface area is 134 Å². The van der Waals surface area contributed by atoms with Crippen LogP contribution in [0.4, 0.5) is 0 Å². The third-order valence-electron chi connectivity index (χ3n) is 3.84. The summed E-state index contributed by atoms with van der Waals surface area (Å²) in [6.07, 6.45) is 0. The number of aromatic nitrogens is 1. The van der Waals surface area contributed by atoms with Crippen LogP contribution in [-0.2, 0) is 0 Å². The maximum Gasteiger partial charge on any atom is 0.102 e. The fraction of sp³-hybridized carbons (Fsp3) is 0.0500. The molecule has 2 heteroatoms. The summed E-state index contributed by atoms with van der Waals surface area (Å²) in [5.41, 5.74) is 2.34. The van der Waals surface area contributed by atoms with Gasteiger partial charge in [-0.1, -0.05) is 60.3 Å². The maximum atomic E-state index is 4.84. The van der Waals surface area contributed by atoms with Crippen molar-refractivity contribution in [2.45, 2.75) is 16.8 Å². The topological polar surface area (TPSA) is 12.9 Å². The van der Waals surface area contributed by atoms with Gasteiger partial charge in [-0.15, -0.1) is 0 Å². The van der Waals surface area contributed by atoms with Gasteiger partial charge in [0.2, 0.25) is 0 Å². The molecule has 0 spiro atoms. The maximum absolute atomic E-state index is 4.84. The second kappa shape index (κ2) is 5.47. The van der Waals surface area contributed by atoms with Gasteiger partial charge in [0.15, 0.2) is 0 Å². The van der Waals surface area contributed by atoms with Crippen molar-refractivity contribution in [3.8, 4) is 0 Å². The molecule has 0 atom stereocenters. The van der Waals surface area contributed by atoms with Crippen molar-refractivity contribution in [2.75, 3.05) is 0 Å². The van der Waals surface area contributed by atoms with E-state index in [4.69, 9.17) is 4.98 Å². The first-order chi connectivity index (χ1) is 10.8. The molecule has 1 aromatic heterocycles. The molecule has 0 saturated carbocycles. The highest BCUT2D eigenvalue weighted by Crippen LogP contribution is 2.32. The molecule has 22 heavy (non-hydrogen) atoms. The predicted octanol–water partition coefficient (Wildman–Crippen LogP) is 5.85. The Morgan fingerprint density at radius 2 is 1.59 bits per heavy atom. The zero-order valence-corrected chi connectivity index (χ0v) is 13.1. The van der Waals surface area contributed by atoms with Crippen molar-refractivity contribution in [3.05, 3.63) is 78.4 Å². The minimum Gasteiger partial charge on any atom is -0.241 e. The Balaban J connectivity index is 1.88. The van der Waals surface area contributed by atoms with E-state index in [9.17, 15) is 0 Å². The minimum atomic E-state index is 1.05. The summed E-state index contributed by atoms with van der Waals surface area (Å²) >= 11 is 1.71. The van der Waals surface area contributed by atoms with Gasteiger partial charge < -0.3 is 0 Å². The summed E-state index contributed by atoms with van der Waals surface area (Å²) in [6, 6.07) is 25.4. The molecular weight excluding hydrogens is 286 g/mol. The van der Waals surface area contributed by atoms with Crippen molar-refractivity contribution < 1.29 is 0 Å². The van der Waals surface area contributed by atoms with E-state index in [2.05, 4.69) is 73.7 Å². The molecule has 3 aromatic carbocycles. The standard InChI is InChI=1S/C20H15NS/c1-14-13-19(22-16-8-3-2-4-9-16)21-18-12-11-15-7-5-6-10-17(15)20(14)18/h2-13H,1H3. The highest BCUT2D eigenvalue weighted by molar-refractivity contribution is 7.99. The van der Waals surface area contributed by atoms with Gasteiger partial charge >= 0.3 is 0 Å². The Bertz CT molecular complexity index is 961. The largest absolute Gasteiger partial charge is 0.241 e. The highest BCUT2D eigenvalue weighted by Gasteiger charge is 2.07. The van der Waals surface area contributed by atoms with Crippen LogP contribution in [0, 0.1) is 6.92 Å². The molecule has 0 N–H and O–H groups in total. The number of benzene rings is 3. The smallest absolute Gasteiger partial charge is 0.102 e. The van der Waals surface area contributed by atoms with Crippen molar-refractivity contribution in [3.63, 3.8) is 0 Å². The number of fused-ring (bicyclic) bond motifs is 3. The fourth-order valence-electron chi connectivity index (χ4n) is 2.84. The lowest BCUT2D eigenvalue weighted by Crippen LogP contribution is -1.88. The number of hydrogen-bond donors (Lipinski definition) is 0. The van der Waals surface area contributed by atoms with Gasteiger partial charge in [-0.2, -0.15) is 0 Å². The second-order valence-corrected chi connectivity index (χ2v) is 6.47. The van der Waals surface area contributed by atoms with Crippen LogP contribution in [0.5, 0.6) is 0 Å². The van der Waals surface area contributed by atoms with Crippen molar-refractivity contribution >= 4 is 33.4 Å². The van der Waals surface area contributed by atoms with Gasteiger partial charge in [-0.25, -0.2) is 4.98 Å². The second-order valence-electron chi connectivity index (χ2n) is 5.37. The number of hydrogen-bond acceptors (Lipinski definition) is 2. The van der Waals surface area contributed by atoms with Crippen LogP contribution in [0.3, 0.4) is 0 Å². The van der Waals surface area contributed by atoms with Crippen LogP contribution in [-0.4, -0.2) is 4.98 Å². The Hall–Kier alpha value is -2.32. The first-order valence-corrected chi connectivity index (χ1v) is 8.15. The van der Waals surface area contributed by atoms with Crippen LogP contribution in [0.15, 0.2) is 82.7 Å². The monoisotopic (exact) mass is 301 g/mol. The predicted molar refractivity (Wildman–Crippen MR) is 94.6 cm³/mol. The molecule has 4 aromatic rings. The summed E-state index contributed by atoms with van der Waals surface area (Å²) in [5.74, 6) is 0. The molecule has 106 valence electrons. The molecule has 0 radical (unpaired) electrons. The van der Waals surface area contributed by atoms with Gasteiger partial charge in [0.25, 0.3) is 0 Å². The van der Waals surface area contributed by atoms with E-state index >= 15 is 0 Å². The summed E-state index contributed by atoms with van der Waals surface area (Å²) < 4.78 is 0. The summed E-state index contributed by atoms with van der Waals surface area (Å²) in [5, 5.41) is 4.85. The van der Waals surface area contributed by atoms with Gasteiger partial charge in [0, 0.05) is 10.3 Å². The molecule has 0 aliphatic rings. The lowest BCUT2D eigenvalue weighted by atomic mass is 10.0. The van der Waals surface area contributed by atoms with Gasteiger partial charge in [0.05, 0.1) is 5.52 Å². The quantitative estimate of drug-likeness (QED) is 0.431. The lowest BCUT2D eigenvalue weighted by Gasteiger charge is -2.09. The number of nitrogens with zero attached hydrogens (tertiary/aromatic N) is 1. The molecule has 0 saturated heterocycles. The van der Waals surface area contributed by atoms with Crippen molar-refractivity contribution in [2.24, 2.45) is 0 Å². The molecule has 0 aliphatic heterocycles. The molecule has 0 fully saturated rings. The first-order valence-electron chi connectivity index (χ1n) is 7.33. The summed E-state index contributed by atoms with van der Waals surface area (Å²) in [4.78, 5) is 6.06. The molecule has 0 aliphatic carbocycles. The van der Waals surface area contributed by atoms with Crippen LogP contribution >= 0.6 is 11.8 Å². The average molecular weight is 301 g/mol. The molecule has 0 unspecified atom stereocenters. The van der Waals surface area contributed by atoms with E-state index in [0.29, 0.717) is 0 Å². The Kier molecular flexibility index (Phi) is 3.32. The third kappa shape index (κ3) is 2.36. The molecule has 1 nitrogen and oxygen atoms in total. The average Bonchev–Trinajstić information content (AvgIpc) is 2.55. The molecule has 0 amide bonds. The fourth-order valence-corrected chi connectivity index (χ4v) is 3.75. The Morgan fingerprint density at radius 3 is 2.45 bits per heavy atom. The molecule has 0 bridgehead atoms. The highest BCUT2D eigenvalue weighted by atomic mass is 32.2. The van der Waals surface area contributed by atoms with E-state index in [1.54, 1.807) is 11.8 Å². The van der Waals surface area contributed by atoms with Crippen LogP contribution in [0.1, 0.15) is 5.56 Å². The summed E-state index contributed by atoms with van der Waals surface area (Å²) in [7, 11) is 0. The van der Waals surface area contributed by atoms with Gasteiger partial charge in [-0.05, 0) is 47.5 Å². The zero-order chi connectivity index (χ0) is 14.9.